The monoisotopic (exact) mass is 436 g/mol. The maximum absolute atomic E-state index is 13.3. The normalized spacial score (nSPS) is 12.4. The van der Waals surface area contributed by atoms with E-state index in [2.05, 4.69) is 25.3 Å². The van der Waals surface area contributed by atoms with Gasteiger partial charge < -0.3 is 20.4 Å². The van der Waals surface area contributed by atoms with Crippen LogP contribution < -0.4 is 10.6 Å². The van der Waals surface area contributed by atoms with E-state index < -0.39 is 12.8 Å². The second-order valence-electron chi connectivity index (χ2n) is 7.03. The van der Waals surface area contributed by atoms with Crippen LogP contribution in [0.4, 0.5) is 17.6 Å². The SMILES string of the molecule is CN=C(NCCc1c[nH]c2cc(F)ccc12)NCc1ccc(COCC(F)(F)F)cc1. The minimum absolute atomic E-state index is 0.0864. The summed E-state index contributed by atoms with van der Waals surface area (Å²) in [6.45, 7) is -0.195. The van der Waals surface area contributed by atoms with Crippen LogP contribution in [-0.4, -0.2) is 37.3 Å². The van der Waals surface area contributed by atoms with E-state index in [4.69, 9.17) is 0 Å². The van der Waals surface area contributed by atoms with Crippen molar-refractivity contribution in [1.82, 2.24) is 15.6 Å². The third-order valence-corrected chi connectivity index (χ3v) is 4.66. The molecule has 1 heterocycles. The number of guanidine groups is 1. The van der Waals surface area contributed by atoms with Crippen molar-refractivity contribution in [3.8, 4) is 0 Å². The lowest BCUT2D eigenvalue weighted by Gasteiger charge is -2.12. The summed E-state index contributed by atoms with van der Waals surface area (Å²) in [6.07, 6.45) is -1.71. The molecule has 166 valence electrons. The van der Waals surface area contributed by atoms with Gasteiger partial charge in [-0.25, -0.2) is 4.39 Å². The van der Waals surface area contributed by atoms with Crippen molar-refractivity contribution in [2.45, 2.75) is 25.7 Å². The Morgan fingerprint density at radius 1 is 1.06 bits per heavy atom. The topological polar surface area (TPSA) is 61.4 Å². The van der Waals surface area contributed by atoms with E-state index >= 15 is 0 Å². The fraction of sp³-hybridized carbons (Fsp3) is 0.318. The van der Waals surface area contributed by atoms with Crippen LogP contribution in [0.3, 0.4) is 0 Å². The van der Waals surface area contributed by atoms with E-state index in [9.17, 15) is 17.6 Å². The Labute approximate surface area is 177 Å². The Kier molecular flexibility index (Phi) is 7.51. The number of ether oxygens (including phenoxy) is 1. The highest BCUT2D eigenvalue weighted by Gasteiger charge is 2.27. The van der Waals surface area contributed by atoms with E-state index in [1.807, 2.05) is 18.3 Å². The fourth-order valence-electron chi connectivity index (χ4n) is 3.13. The number of nitrogens with zero attached hydrogens (tertiary/aromatic N) is 1. The van der Waals surface area contributed by atoms with Gasteiger partial charge in [-0.05, 0) is 41.3 Å². The zero-order valence-electron chi connectivity index (χ0n) is 17.0. The molecule has 0 radical (unpaired) electrons. The average molecular weight is 436 g/mol. The van der Waals surface area contributed by atoms with E-state index in [1.165, 1.54) is 12.1 Å². The van der Waals surface area contributed by atoms with Crippen molar-refractivity contribution >= 4 is 16.9 Å². The molecule has 9 heteroatoms. The van der Waals surface area contributed by atoms with Gasteiger partial charge in [0.1, 0.15) is 12.4 Å². The summed E-state index contributed by atoms with van der Waals surface area (Å²) in [5.41, 5.74) is 3.49. The minimum Gasteiger partial charge on any atom is -0.367 e. The number of aromatic amines is 1. The van der Waals surface area contributed by atoms with Gasteiger partial charge in [0.15, 0.2) is 5.96 Å². The van der Waals surface area contributed by atoms with Gasteiger partial charge >= 0.3 is 6.18 Å². The number of rotatable bonds is 8. The summed E-state index contributed by atoms with van der Waals surface area (Å²) in [4.78, 5) is 7.26. The number of aromatic nitrogens is 1. The molecule has 0 fully saturated rings. The van der Waals surface area contributed by atoms with Gasteiger partial charge in [-0.3, -0.25) is 4.99 Å². The van der Waals surface area contributed by atoms with Crippen molar-refractivity contribution in [3.63, 3.8) is 0 Å². The average Bonchev–Trinajstić information content (AvgIpc) is 3.12. The Morgan fingerprint density at radius 2 is 1.81 bits per heavy atom. The van der Waals surface area contributed by atoms with Gasteiger partial charge in [-0.15, -0.1) is 0 Å². The van der Waals surface area contributed by atoms with Gasteiger partial charge in [-0.2, -0.15) is 13.2 Å². The Bertz CT molecular complexity index is 1010. The molecular formula is C22H24F4N4O. The number of nitrogens with one attached hydrogen (secondary N) is 3. The molecule has 0 unspecified atom stereocenters. The Hall–Kier alpha value is -3.07. The maximum Gasteiger partial charge on any atom is 0.411 e. The van der Waals surface area contributed by atoms with Crippen LogP contribution >= 0.6 is 0 Å². The Balaban J connectivity index is 1.42. The van der Waals surface area contributed by atoms with E-state index in [-0.39, 0.29) is 12.4 Å². The number of halogens is 4. The first-order chi connectivity index (χ1) is 14.8. The van der Waals surface area contributed by atoms with Crippen LogP contribution in [0, 0.1) is 5.82 Å². The first-order valence-electron chi connectivity index (χ1n) is 9.76. The molecule has 3 rings (SSSR count). The molecule has 31 heavy (non-hydrogen) atoms. The summed E-state index contributed by atoms with van der Waals surface area (Å²) < 4.78 is 54.3. The lowest BCUT2D eigenvalue weighted by atomic mass is 10.1. The highest BCUT2D eigenvalue weighted by molar-refractivity contribution is 5.83. The molecule has 2 aromatic carbocycles. The number of benzene rings is 2. The second-order valence-corrected chi connectivity index (χ2v) is 7.03. The van der Waals surface area contributed by atoms with E-state index in [0.29, 0.717) is 24.6 Å². The molecule has 0 aliphatic heterocycles. The summed E-state index contributed by atoms with van der Waals surface area (Å²) in [5, 5.41) is 7.42. The first kappa shape index (κ1) is 22.6. The number of hydrogen-bond acceptors (Lipinski definition) is 2. The molecule has 0 bridgehead atoms. The predicted molar refractivity (Wildman–Crippen MR) is 112 cm³/mol. The molecule has 1 aromatic heterocycles. The van der Waals surface area contributed by atoms with Crippen molar-refractivity contribution in [2.24, 2.45) is 4.99 Å². The van der Waals surface area contributed by atoms with Gasteiger partial charge in [0.2, 0.25) is 0 Å². The standard InChI is InChI=1S/C22H24F4N4O/c1-27-21(28-9-8-17-12-29-20-10-18(23)6-7-19(17)20)30-11-15-2-4-16(5-3-15)13-31-14-22(24,25)26/h2-7,10,12,29H,8-9,11,13-14H2,1H3,(H2,27,28,30). The van der Waals surface area contributed by atoms with E-state index in [1.54, 1.807) is 25.2 Å². The van der Waals surface area contributed by atoms with Gasteiger partial charge in [-0.1, -0.05) is 24.3 Å². The van der Waals surface area contributed by atoms with Crippen LogP contribution in [0.15, 0.2) is 53.7 Å². The van der Waals surface area contributed by atoms with Crippen molar-refractivity contribution in [2.75, 3.05) is 20.2 Å². The zero-order chi connectivity index (χ0) is 22.3. The summed E-state index contributed by atoms with van der Waals surface area (Å²) in [7, 11) is 1.67. The molecule has 0 spiro atoms. The number of H-pyrrole nitrogens is 1. The number of alkyl halides is 3. The largest absolute Gasteiger partial charge is 0.411 e. The molecule has 0 saturated carbocycles. The van der Waals surface area contributed by atoms with Gasteiger partial charge in [0.25, 0.3) is 0 Å². The third kappa shape index (κ3) is 6.99. The zero-order valence-corrected chi connectivity index (χ0v) is 17.0. The van der Waals surface area contributed by atoms with Crippen LogP contribution in [0.25, 0.3) is 10.9 Å². The lowest BCUT2D eigenvalue weighted by molar-refractivity contribution is -0.176. The molecule has 0 amide bonds. The van der Waals surface area contributed by atoms with Gasteiger partial charge in [0, 0.05) is 37.2 Å². The molecule has 5 nitrogen and oxygen atoms in total. The van der Waals surface area contributed by atoms with Crippen LogP contribution in [0.1, 0.15) is 16.7 Å². The third-order valence-electron chi connectivity index (χ3n) is 4.66. The van der Waals surface area contributed by atoms with Crippen LogP contribution in [-0.2, 0) is 24.3 Å². The first-order valence-corrected chi connectivity index (χ1v) is 9.76. The smallest absolute Gasteiger partial charge is 0.367 e. The van der Waals surface area contributed by atoms with Crippen LogP contribution in [0.5, 0.6) is 0 Å². The summed E-state index contributed by atoms with van der Waals surface area (Å²) in [6, 6.07) is 11.8. The van der Waals surface area contributed by atoms with Crippen molar-refractivity contribution < 1.29 is 22.3 Å². The van der Waals surface area contributed by atoms with Crippen molar-refractivity contribution in [1.29, 1.82) is 0 Å². The molecule has 0 aliphatic rings. The molecular weight excluding hydrogens is 412 g/mol. The number of hydrogen-bond donors (Lipinski definition) is 3. The van der Waals surface area contributed by atoms with Crippen LogP contribution in [0.2, 0.25) is 0 Å². The molecule has 3 aromatic rings. The number of fused-ring (bicyclic) bond motifs is 1. The fourth-order valence-corrected chi connectivity index (χ4v) is 3.13. The van der Waals surface area contributed by atoms with Crippen molar-refractivity contribution in [3.05, 3.63) is 71.2 Å². The second kappa shape index (κ2) is 10.3. The number of aliphatic imine (C=N–C) groups is 1. The highest BCUT2D eigenvalue weighted by atomic mass is 19.4. The highest BCUT2D eigenvalue weighted by Crippen LogP contribution is 2.19. The molecule has 3 N–H and O–H groups in total. The quantitative estimate of drug-likeness (QED) is 0.280. The maximum atomic E-state index is 13.3. The molecule has 0 atom stereocenters. The summed E-state index contributed by atoms with van der Waals surface area (Å²) >= 11 is 0. The molecule has 0 aliphatic carbocycles. The van der Waals surface area contributed by atoms with Gasteiger partial charge in [0.05, 0.1) is 6.61 Å². The lowest BCUT2D eigenvalue weighted by Crippen LogP contribution is -2.37. The van der Waals surface area contributed by atoms with E-state index in [0.717, 1.165) is 28.5 Å². The summed E-state index contributed by atoms with van der Waals surface area (Å²) in [5.74, 6) is 0.356. The predicted octanol–water partition coefficient (Wildman–Crippen LogP) is 4.29. The minimum atomic E-state index is -4.32. The molecule has 0 saturated heterocycles. The Morgan fingerprint density at radius 3 is 2.52 bits per heavy atom.